The molecule has 25 heavy (non-hydrogen) atoms. The first kappa shape index (κ1) is 16.6. The third-order valence-electron chi connectivity index (χ3n) is 5.76. The van der Waals surface area contributed by atoms with E-state index in [0.717, 1.165) is 44.4 Å². The van der Waals surface area contributed by atoms with Crippen LogP contribution in [-0.2, 0) is 9.53 Å². The monoisotopic (exact) mass is 347 g/mol. The first-order chi connectivity index (χ1) is 12.1. The molecule has 2 aliphatic heterocycles. The molecule has 1 aliphatic carbocycles. The summed E-state index contributed by atoms with van der Waals surface area (Å²) >= 11 is 0. The maximum Gasteiger partial charge on any atom is 0.276 e. The highest BCUT2D eigenvalue weighted by Gasteiger charge is 2.49. The van der Waals surface area contributed by atoms with Crippen LogP contribution in [0.5, 0.6) is 0 Å². The van der Waals surface area contributed by atoms with E-state index >= 15 is 0 Å². The van der Waals surface area contributed by atoms with Crippen LogP contribution >= 0.6 is 0 Å². The molecule has 1 aromatic rings. The van der Waals surface area contributed by atoms with E-state index in [1.807, 2.05) is 4.90 Å². The number of rotatable bonds is 5. The lowest BCUT2D eigenvalue weighted by Crippen LogP contribution is -2.51. The minimum Gasteiger partial charge on any atom is -0.383 e. The van der Waals surface area contributed by atoms with Gasteiger partial charge < -0.3 is 19.1 Å². The number of amides is 2. The Labute approximate surface area is 147 Å². The molecule has 4 rings (SSSR count). The summed E-state index contributed by atoms with van der Waals surface area (Å²) in [4.78, 5) is 29.4. The van der Waals surface area contributed by atoms with Gasteiger partial charge in [0.2, 0.25) is 5.91 Å². The van der Waals surface area contributed by atoms with Crippen molar-refractivity contribution in [1.29, 1.82) is 0 Å². The fourth-order valence-corrected chi connectivity index (χ4v) is 4.10. The van der Waals surface area contributed by atoms with Crippen LogP contribution in [0.2, 0.25) is 0 Å². The second-order valence-electron chi connectivity index (χ2n) is 7.53. The van der Waals surface area contributed by atoms with Crippen LogP contribution in [0, 0.1) is 5.41 Å². The first-order valence-corrected chi connectivity index (χ1v) is 9.17. The predicted molar refractivity (Wildman–Crippen MR) is 89.1 cm³/mol. The molecule has 2 saturated heterocycles. The number of piperidine rings is 1. The molecule has 7 nitrogen and oxygen atoms in total. The van der Waals surface area contributed by atoms with Crippen LogP contribution in [0.1, 0.15) is 54.3 Å². The smallest absolute Gasteiger partial charge is 0.276 e. The second-order valence-corrected chi connectivity index (χ2v) is 7.53. The summed E-state index contributed by atoms with van der Waals surface area (Å²) in [7, 11) is 1.65. The molecule has 0 radical (unpaired) electrons. The predicted octanol–water partition coefficient (Wildman–Crippen LogP) is 1.65. The summed E-state index contributed by atoms with van der Waals surface area (Å²) in [6.07, 6.45) is 4.79. The zero-order valence-electron chi connectivity index (χ0n) is 14.7. The Morgan fingerprint density at radius 2 is 2.24 bits per heavy atom. The zero-order chi connectivity index (χ0) is 17.4. The normalized spacial score (nSPS) is 26.7. The van der Waals surface area contributed by atoms with Crippen molar-refractivity contribution in [1.82, 2.24) is 15.0 Å². The van der Waals surface area contributed by atoms with Gasteiger partial charge in [0.25, 0.3) is 5.91 Å². The molecule has 3 aliphatic rings. The van der Waals surface area contributed by atoms with E-state index in [1.54, 1.807) is 18.1 Å². The van der Waals surface area contributed by atoms with Gasteiger partial charge in [0.15, 0.2) is 5.69 Å². The van der Waals surface area contributed by atoms with Gasteiger partial charge >= 0.3 is 0 Å². The number of aromatic nitrogens is 1. The molecule has 136 valence electrons. The van der Waals surface area contributed by atoms with Gasteiger partial charge in [0.05, 0.1) is 12.0 Å². The number of carbonyl (C=O) groups is 2. The van der Waals surface area contributed by atoms with Gasteiger partial charge in [0.1, 0.15) is 5.76 Å². The minimum absolute atomic E-state index is 0.116. The Morgan fingerprint density at radius 1 is 1.40 bits per heavy atom. The Morgan fingerprint density at radius 3 is 3.00 bits per heavy atom. The van der Waals surface area contributed by atoms with Crippen molar-refractivity contribution in [3.05, 3.63) is 17.5 Å². The molecule has 0 bridgehead atoms. The Balaban J connectivity index is 1.44. The van der Waals surface area contributed by atoms with Crippen LogP contribution in [0.3, 0.4) is 0 Å². The largest absolute Gasteiger partial charge is 0.383 e. The molecular weight excluding hydrogens is 322 g/mol. The molecule has 2 amide bonds. The third-order valence-corrected chi connectivity index (χ3v) is 5.76. The topological polar surface area (TPSA) is 75.9 Å². The number of nitrogens with zero attached hydrogens (tertiary/aromatic N) is 3. The van der Waals surface area contributed by atoms with Crippen molar-refractivity contribution >= 4 is 11.8 Å². The standard InChI is InChI=1S/C18H25N3O4/c1-24-10-9-20-7-2-5-18(17(20)23)6-8-21(12-18)16(22)14-11-15(25-19-14)13-3-4-13/h11,13H,2-10,12H2,1H3/t18-/m1/s1. The third kappa shape index (κ3) is 3.05. The average Bonchev–Trinajstić information content (AvgIpc) is 3.20. The van der Waals surface area contributed by atoms with Gasteiger partial charge in [-0.05, 0) is 32.1 Å². The fraction of sp³-hybridized carbons (Fsp3) is 0.722. The summed E-state index contributed by atoms with van der Waals surface area (Å²) in [5.41, 5.74) is -0.0523. The molecule has 1 saturated carbocycles. The Hall–Kier alpha value is -1.89. The Bertz CT molecular complexity index is 669. The van der Waals surface area contributed by atoms with Crippen LogP contribution in [0.4, 0.5) is 0 Å². The highest BCUT2D eigenvalue weighted by atomic mass is 16.5. The Kier molecular flexibility index (Phi) is 4.27. The van der Waals surface area contributed by atoms with E-state index in [1.165, 1.54) is 0 Å². The summed E-state index contributed by atoms with van der Waals surface area (Å²) in [6, 6.07) is 1.78. The molecule has 3 fully saturated rings. The quantitative estimate of drug-likeness (QED) is 0.809. The number of hydrogen-bond donors (Lipinski definition) is 0. The van der Waals surface area contributed by atoms with Gasteiger partial charge in [-0.1, -0.05) is 5.16 Å². The fourth-order valence-electron chi connectivity index (χ4n) is 4.10. The van der Waals surface area contributed by atoms with E-state index < -0.39 is 5.41 Å². The lowest BCUT2D eigenvalue weighted by Gasteiger charge is -2.39. The highest BCUT2D eigenvalue weighted by molar-refractivity contribution is 5.94. The van der Waals surface area contributed by atoms with Crippen LogP contribution in [0.15, 0.2) is 10.6 Å². The molecule has 1 spiro atoms. The van der Waals surface area contributed by atoms with E-state index in [-0.39, 0.29) is 11.8 Å². The van der Waals surface area contributed by atoms with Crippen molar-refractivity contribution in [2.24, 2.45) is 5.41 Å². The van der Waals surface area contributed by atoms with E-state index in [9.17, 15) is 9.59 Å². The van der Waals surface area contributed by atoms with Gasteiger partial charge in [0, 0.05) is 45.3 Å². The van der Waals surface area contributed by atoms with Gasteiger partial charge in [-0.15, -0.1) is 0 Å². The average molecular weight is 347 g/mol. The molecule has 0 N–H and O–H groups in total. The van der Waals surface area contributed by atoms with Crippen molar-refractivity contribution in [2.45, 2.75) is 38.0 Å². The van der Waals surface area contributed by atoms with Gasteiger partial charge in [-0.3, -0.25) is 9.59 Å². The van der Waals surface area contributed by atoms with Gasteiger partial charge in [-0.2, -0.15) is 0 Å². The van der Waals surface area contributed by atoms with Crippen LogP contribution < -0.4 is 0 Å². The highest BCUT2D eigenvalue weighted by Crippen LogP contribution is 2.42. The molecule has 1 atom stereocenters. The molecule has 0 unspecified atom stereocenters. The lowest BCUT2D eigenvalue weighted by atomic mass is 9.78. The maximum absolute atomic E-state index is 13.0. The molecular formula is C18H25N3O4. The van der Waals surface area contributed by atoms with Crippen molar-refractivity contribution in [3.63, 3.8) is 0 Å². The second kappa shape index (κ2) is 6.44. The number of carbonyl (C=O) groups excluding carboxylic acids is 2. The summed E-state index contributed by atoms with van der Waals surface area (Å²) in [5, 5.41) is 3.95. The van der Waals surface area contributed by atoms with E-state index in [4.69, 9.17) is 9.26 Å². The lowest BCUT2D eigenvalue weighted by molar-refractivity contribution is -0.146. The van der Waals surface area contributed by atoms with Crippen molar-refractivity contribution in [3.8, 4) is 0 Å². The van der Waals surface area contributed by atoms with Crippen molar-refractivity contribution in [2.75, 3.05) is 39.9 Å². The molecule has 0 aromatic carbocycles. The number of hydrogen-bond acceptors (Lipinski definition) is 5. The number of ether oxygens (including phenoxy) is 1. The summed E-state index contributed by atoms with van der Waals surface area (Å²) in [6.45, 7) is 3.05. The van der Waals surface area contributed by atoms with Crippen molar-refractivity contribution < 1.29 is 18.8 Å². The first-order valence-electron chi connectivity index (χ1n) is 9.17. The van der Waals surface area contributed by atoms with E-state index in [0.29, 0.717) is 37.9 Å². The minimum atomic E-state index is -0.426. The number of likely N-dealkylation sites (tertiary alicyclic amines) is 2. The summed E-state index contributed by atoms with van der Waals surface area (Å²) < 4.78 is 10.4. The molecule has 7 heteroatoms. The van der Waals surface area contributed by atoms with E-state index in [2.05, 4.69) is 5.16 Å². The number of methoxy groups -OCH3 is 1. The maximum atomic E-state index is 13.0. The van der Waals surface area contributed by atoms with Gasteiger partial charge in [-0.25, -0.2) is 0 Å². The summed E-state index contributed by atoms with van der Waals surface area (Å²) in [5.74, 6) is 1.31. The SMILES string of the molecule is COCCN1CCC[C@]2(CCN(C(=O)c3cc(C4CC4)on3)C2)C1=O. The molecule has 1 aromatic heterocycles. The van der Waals surface area contributed by atoms with Crippen LogP contribution in [0.25, 0.3) is 0 Å². The zero-order valence-corrected chi connectivity index (χ0v) is 14.7. The molecule has 3 heterocycles. The van der Waals surface area contributed by atoms with Crippen LogP contribution in [-0.4, -0.2) is 66.7 Å².